The Balaban J connectivity index is 0.000000245. The largest absolute Gasteiger partial charge is 0.481 e. The van der Waals surface area contributed by atoms with Gasteiger partial charge in [-0.25, -0.2) is 8.78 Å². The highest BCUT2D eigenvalue weighted by Crippen LogP contribution is 2.52. The summed E-state index contributed by atoms with van der Waals surface area (Å²) in [6.07, 6.45) is 3.87. The van der Waals surface area contributed by atoms with E-state index >= 15 is 8.78 Å². The van der Waals surface area contributed by atoms with Crippen molar-refractivity contribution in [2.24, 2.45) is 11.8 Å². The number of Topliss-reactive ketones (excluding diaryl/α,β-unsaturated/α-hetero) is 1. The fourth-order valence-corrected chi connectivity index (χ4v) is 13.9. The van der Waals surface area contributed by atoms with E-state index in [2.05, 4.69) is 9.80 Å². The number of carbonyl (C=O) groups is 4. The van der Waals surface area contributed by atoms with Gasteiger partial charge in [0.1, 0.15) is 17.4 Å². The van der Waals surface area contributed by atoms with E-state index in [0.717, 1.165) is 24.2 Å². The van der Waals surface area contributed by atoms with Crippen molar-refractivity contribution in [3.05, 3.63) is 209 Å². The second-order valence-corrected chi connectivity index (χ2v) is 24.6. The lowest BCUT2D eigenvalue weighted by Gasteiger charge is -2.42. The van der Waals surface area contributed by atoms with E-state index in [1.807, 2.05) is 26.0 Å². The lowest BCUT2D eigenvalue weighted by molar-refractivity contribution is -0.137. The molecule has 88 heavy (non-hydrogen) atoms. The summed E-state index contributed by atoms with van der Waals surface area (Å²) in [5, 5.41) is 35.3. The summed E-state index contributed by atoms with van der Waals surface area (Å²) in [6, 6.07) is 33.8. The maximum Gasteiger partial charge on any atom is 0.304 e. The summed E-state index contributed by atoms with van der Waals surface area (Å²) >= 11 is 24.6. The Bertz CT molecular complexity index is 3210. The Morgan fingerprint density at radius 1 is 0.557 bits per heavy atom. The van der Waals surface area contributed by atoms with Gasteiger partial charge in [0, 0.05) is 78.0 Å². The maximum absolute atomic E-state index is 16.6. The summed E-state index contributed by atoms with van der Waals surface area (Å²) in [5.41, 5.74) is -1.99. The first-order valence-corrected chi connectivity index (χ1v) is 30.6. The quantitative estimate of drug-likeness (QED) is 0.0667. The zero-order chi connectivity index (χ0) is 61.9. The third-order valence-corrected chi connectivity index (χ3v) is 19.2. The Morgan fingerprint density at radius 3 is 1.17 bits per heavy atom. The third kappa shape index (κ3) is 13.6. The maximum atomic E-state index is 16.6. The Morgan fingerprint density at radius 2 is 0.875 bits per heavy atom. The number of hydrogen-bond acceptors (Lipinski definition) is 10. The number of ether oxygens (including phenoxy) is 2. The number of halogens is 6. The van der Waals surface area contributed by atoms with Gasteiger partial charge in [0.05, 0.1) is 39.9 Å². The molecule has 4 heterocycles. The highest BCUT2D eigenvalue weighted by atomic mass is 35.5. The van der Waals surface area contributed by atoms with E-state index in [1.165, 1.54) is 36.2 Å². The lowest BCUT2D eigenvalue weighted by Crippen LogP contribution is -2.46. The highest BCUT2D eigenvalue weighted by Gasteiger charge is 2.56. The van der Waals surface area contributed by atoms with Crippen LogP contribution in [0.4, 0.5) is 8.78 Å². The van der Waals surface area contributed by atoms with Crippen LogP contribution in [0.1, 0.15) is 152 Å². The van der Waals surface area contributed by atoms with Gasteiger partial charge in [-0.05, 0) is 179 Å². The molecule has 4 aliphatic rings. The van der Waals surface area contributed by atoms with E-state index in [9.17, 15) is 29.4 Å². The van der Waals surface area contributed by atoms with Crippen molar-refractivity contribution < 1.29 is 52.8 Å². The van der Waals surface area contributed by atoms with Crippen molar-refractivity contribution in [3.63, 3.8) is 0 Å². The van der Waals surface area contributed by atoms with Crippen LogP contribution in [0.15, 0.2) is 121 Å². The fourth-order valence-electron chi connectivity index (χ4n) is 13.4. The number of aliphatic hydroxyl groups is 2. The summed E-state index contributed by atoms with van der Waals surface area (Å²) in [5.74, 6) is -3.12. The molecular weight excluding hydrogens is 1210 g/mol. The first-order valence-electron chi connectivity index (χ1n) is 29.1. The number of carbonyl (C=O) groups excluding carboxylic acids is 3. The Kier molecular flexibility index (Phi) is 22.9. The molecule has 3 N–H and O–H groups in total. The number of carboxylic acid groups (broad SMARTS) is 1. The molecule has 0 bridgehead atoms. The van der Waals surface area contributed by atoms with E-state index in [-0.39, 0.29) is 74.2 Å². The number of rotatable bonds is 20. The minimum Gasteiger partial charge on any atom is -0.481 e. The number of benzene rings is 6. The van der Waals surface area contributed by atoms with Crippen molar-refractivity contribution in [2.75, 3.05) is 53.5 Å². The predicted molar refractivity (Wildman–Crippen MR) is 342 cm³/mol. The van der Waals surface area contributed by atoms with Crippen LogP contribution in [0.3, 0.4) is 0 Å². The molecule has 10 rings (SSSR count). The zero-order valence-corrected chi connectivity index (χ0v) is 51.9. The van der Waals surface area contributed by atoms with Gasteiger partial charge >= 0.3 is 5.97 Å². The van der Waals surface area contributed by atoms with E-state index in [1.54, 1.807) is 104 Å². The molecule has 0 spiro atoms. The van der Waals surface area contributed by atoms with Crippen LogP contribution in [-0.2, 0) is 54.8 Å². The van der Waals surface area contributed by atoms with Gasteiger partial charge in [-0.3, -0.25) is 29.0 Å². The molecular formula is C69H80Cl4F2N4O9. The van der Waals surface area contributed by atoms with E-state index in [4.69, 9.17) is 61.0 Å². The number of likely N-dealkylation sites (tertiary alicyclic amines) is 2. The summed E-state index contributed by atoms with van der Waals surface area (Å²) in [6.45, 7) is 9.46. The normalized spacial score (nSPS) is 20.2. The minimum absolute atomic E-state index is 0. The Hall–Kier alpha value is -5.82. The number of aliphatic carboxylic acids is 1. The number of methoxy groups -OCH3 is 2. The van der Waals surface area contributed by atoms with Gasteiger partial charge < -0.3 is 34.6 Å². The first kappa shape index (κ1) is 69.7. The van der Waals surface area contributed by atoms with Crippen LogP contribution in [0.2, 0.25) is 20.1 Å². The minimum atomic E-state index is -1.58. The lowest BCUT2D eigenvalue weighted by atomic mass is 9.73. The fraction of sp³-hybridized carbons (Fsp3) is 0.420. The number of piperidine rings is 2. The van der Waals surface area contributed by atoms with Crippen molar-refractivity contribution >= 4 is 70.0 Å². The number of nitrogens with zero attached hydrogens (tertiary/aromatic N) is 4. The van der Waals surface area contributed by atoms with Crippen LogP contribution >= 0.6 is 46.4 Å². The molecule has 0 aromatic heterocycles. The zero-order valence-electron chi connectivity index (χ0n) is 48.9. The van der Waals surface area contributed by atoms with E-state index in [0.29, 0.717) is 113 Å². The summed E-state index contributed by atoms with van der Waals surface area (Å²) in [7, 11) is 2.90. The summed E-state index contributed by atoms with van der Waals surface area (Å²) in [4.78, 5) is 58.3. The van der Waals surface area contributed by atoms with Crippen LogP contribution in [0.25, 0.3) is 0 Å². The molecule has 4 aliphatic heterocycles. The van der Waals surface area contributed by atoms with Gasteiger partial charge in [0.2, 0.25) is 0 Å². The number of fused-ring (bicyclic) bond motifs is 2. The molecule has 13 nitrogen and oxygen atoms in total. The Labute approximate surface area is 536 Å². The molecule has 19 heteroatoms. The number of carboxylic acids is 1. The topological polar surface area (TPSA) is 160 Å². The second-order valence-electron chi connectivity index (χ2n) is 22.9. The van der Waals surface area contributed by atoms with Gasteiger partial charge in [-0.1, -0.05) is 124 Å². The van der Waals surface area contributed by atoms with Crippen molar-refractivity contribution in [1.29, 1.82) is 0 Å². The molecule has 0 aliphatic carbocycles. The number of amides is 2. The van der Waals surface area contributed by atoms with Crippen molar-refractivity contribution in [2.45, 2.75) is 123 Å². The number of ketones is 1. The smallest absolute Gasteiger partial charge is 0.304 e. The molecule has 2 fully saturated rings. The van der Waals surface area contributed by atoms with Crippen molar-refractivity contribution in [1.82, 2.24) is 19.6 Å². The van der Waals surface area contributed by atoms with Crippen LogP contribution in [0, 0.1) is 23.5 Å². The first-order chi connectivity index (χ1) is 41.1. The third-order valence-electron chi connectivity index (χ3n) is 18.2. The highest BCUT2D eigenvalue weighted by molar-refractivity contribution is 6.31. The monoisotopic (exact) mass is 1290 g/mol. The molecule has 2 amide bonds. The molecule has 4 atom stereocenters. The summed E-state index contributed by atoms with van der Waals surface area (Å²) < 4.78 is 45.3. The van der Waals surface area contributed by atoms with E-state index < -0.39 is 52.1 Å². The molecule has 2 saturated heterocycles. The van der Waals surface area contributed by atoms with Crippen LogP contribution < -0.4 is 0 Å². The van der Waals surface area contributed by atoms with Crippen molar-refractivity contribution in [3.8, 4) is 0 Å². The van der Waals surface area contributed by atoms with Crippen LogP contribution in [-0.4, -0.2) is 112 Å². The molecule has 6 aromatic rings. The molecule has 0 saturated carbocycles. The molecule has 472 valence electrons. The molecule has 6 aromatic carbocycles. The molecule has 1 unspecified atom stereocenters. The average Bonchev–Trinajstić information content (AvgIpc) is 1.55. The molecule has 0 radical (unpaired) electrons. The van der Waals surface area contributed by atoms with Gasteiger partial charge in [0.25, 0.3) is 11.8 Å². The second kappa shape index (κ2) is 29.0. The van der Waals surface area contributed by atoms with Gasteiger partial charge in [0.15, 0.2) is 11.4 Å². The number of hydrogen-bond donors (Lipinski definition) is 3. The average molecular weight is 1290 g/mol. The van der Waals surface area contributed by atoms with Crippen LogP contribution in [0.5, 0.6) is 0 Å². The predicted octanol–water partition coefficient (Wildman–Crippen LogP) is 14.6. The van der Waals surface area contributed by atoms with Gasteiger partial charge in [-0.2, -0.15) is 0 Å². The standard InChI is InChI=1S/C34H37Cl2FN2O4.C33H35Cl2FN2O5.2CH4/c1-4-33(42,24-14-17-38(18-15-24)16-13-22(2)40)26-19-29-31(30(37)20-26)34(43-3,25-7-11-28(36)12-8-25)39(32(29)41)21-23-5-9-27(35)10-6-23;1-3-32(42,22-12-15-37(16-13-22)17-14-29(39)40)24-18-27-30(28(36)19-24)33(43-2,23-6-10-26(35)11-7-23)38(31(27)41)20-21-4-8-25(34)9-5-21;;/h5-12,19-20,24,42H,4,13-18,21H2,1-3H3;4-11,18-19,22,42H,3,12-17,20H2,1-2H3,(H,39,40);2*1H4/t33-,34?;32-,33+;;/m00../s1. The van der Waals surface area contributed by atoms with Gasteiger partial charge in [-0.15, -0.1) is 0 Å². The SMILES string of the molecule is C.C.CC[C@@](O)(c1cc(F)c2c(c1)C(=O)N(Cc1ccc(Cl)cc1)C2(OC)c1ccc(Cl)cc1)C1CCN(CCC(C)=O)CC1.CC[C@@](O)(c1cc(F)c2c(c1)C(=O)N(Cc1ccc(Cl)cc1)[C@@]2(OC)c1ccc(Cl)cc1)C1CCN(CCC(=O)O)CC1.